The number of fused-ring (bicyclic) bond motifs is 1. The van der Waals surface area contributed by atoms with E-state index in [1.807, 2.05) is 0 Å². The highest BCUT2D eigenvalue weighted by Gasteiger charge is 2.64. The topological polar surface area (TPSA) is 62.4 Å². The second-order valence-corrected chi connectivity index (χ2v) is 11.9. The lowest BCUT2D eigenvalue weighted by Gasteiger charge is -2.20. The smallest absolute Gasteiger partial charge is 0.264 e. The molecule has 1 saturated carbocycles. The molecule has 1 unspecified atom stereocenters. The van der Waals surface area contributed by atoms with E-state index >= 15 is 0 Å². The van der Waals surface area contributed by atoms with E-state index in [0.29, 0.717) is 16.8 Å². The van der Waals surface area contributed by atoms with E-state index < -0.39 is 39.2 Å². The third-order valence-electron chi connectivity index (χ3n) is 7.37. The summed E-state index contributed by atoms with van der Waals surface area (Å²) in [5.41, 5.74) is -1.05. The minimum absolute atomic E-state index is 0.00568. The van der Waals surface area contributed by atoms with E-state index in [1.165, 1.54) is 54.1 Å². The average Bonchev–Trinajstić information content (AvgIpc) is 3.61. The highest BCUT2D eigenvalue weighted by atomic mass is 32.2. The molecule has 0 amide bonds. The van der Waals surface area contributed by atoms with Gasteiger partial charge in [-0.1, -0.05) is 31.2 Å². The van der Waals surface area contributed by atoms with Gasteiger partial charge in [-0.2, -0.15) is 30.9 Å². The van der Waals surface area contributed by atoms with Gasteiger partial charge >= 0.3 is 12.4 Å². The first kappa shape index (κ1) is 27.3. The molecule has 0 bridgehead atoms. The summed E-state index contributed by atoms with van der Waals surface area (Å²) in [5, 5.41) is 0. The molecule has 3 aliphatic rings. The molecular weight excluding hydrogens is 544 g/mol. The Morgan fingerprint density at radius 3 is 2.23 bits per heavy atom. The highest BCUT2D eigenvalue weighted by Crippen LogP contribution is 2.59. The Balaban J connectivity index is 1.55. The first-order valence-electron chi connectivity index (χ1n) is 12.3. The lowest BCUT2D eigenvalue weighted by molar-refractivity contribution is -0.472. The molecule has 2 aliphatic heterocycles. The van der Waals surface area contributed by atoms with E-state index in [9.17, 15) is 34.8 Å². The first-order valence-corrected chi connectivity index (χ1v) is 14.0. The number of hydrogen-bond acceptors (Lipinski definition) is 4. The zero-order valence-electron chi connectivity index (χ0n) is 20.9. The van der Waals surface area contributed by atoms with E-state index in [0.717, 1.165) is 12.3 Å². The summed E-state index contributed by atoms with van der Waals surface area (Å²) in [4.78, 5) is 8.57. The lowest BCUT2D eigenvalue weighted by atomic mass is 9.93. The van der Waals surface area contributed by atoms with Crippen molar-refractivity contribution in [1.29, 1.82) is 0 Å². The van der Waals surface area contributed by atoms with Gasteiger partial charge in [-0.05, 0) is 43.0 Å². The van der Waals surface area contributed by atoms with Crippen molar-refractivity contribution in [1.82, 2.24) is 4.98 Å². The van der Waals surface area contributed by atoms with Gasteiger partial charge < -0.3 is 0 Å². The fourth-order valence-electron chi connectivity index (χ4n) is 4.91. The number of halogens is 6. The van der Waals surface area contributed by atoms with Gasteiger partial charge in [0.05, 0.1) is 21.8 Å². The fourth-order valence-corrected chi connectivity index (χ4v) is 5.98. The van der Waals surface area contributed by atoms with Crippen LogP contribution in [0.4, 0.5) is 26.3 Å². The van der Waals surface area contributed by atoms with E-state index in [4.69, 9.17) is 0 Å². The minimum Gasteiger partial charge on any atom is -0.264 e. The number of allylic oxidation sites excluding steroid dienone is 2. The van der Waals surface area contributed by atoms with Gasteiger partial charge in [0.25, 0.3) is 0 Å². The molecule has 12 heteroatoms. The predicted octanol–water partition coefficient (Wildman–Crippen LogP) is 5.80. The summed E-state index contributed by atoms with van der Waals surface area (Å²) in [6.07, 6.45) is -3.96. The number of aromatic nitrogens is 1. The Labute approximate surface area is 221 Å². The number of aliphatic imine (C=N–C) groups is 1. The van der Waals surface area contributed by atoms with Gasteiger partial charge in [0.2, 0.25) is 5.70 Å². The van der Waals surface area contributed by atoms with Gasteiger partial charge in [0.15, 0.2) is 22.1 Å². The van der Waals surface area contributed by atoms with Crippen LogP contribution in [0.25, 0.3) is 11.1 Å². The molecule has 206 valence electrons. The van der Waals surface area contributed by atoms with Gasteiger partial charge in [-0.15, -0.1) is 0 Å². The molecule has 2 aromatic rings. The maximum absolute atomic E-state index is 13.5. The van der Waals surface area contributed by atoms with Crippen LogP contribution in [0.5, 0.6) is 0 Å². The Kier molecular flexibility index (Phi) is 6.40. The van der Waals surface area contributed by atoms with Crippen LogP contribution in [0.1, 0.15) is 37.9 Å². The van der Waals surface area contributed by atoms with Gasteiger partial charge in [0, 0.05) is 17.8 Å². The lowest BCUT2D eigenvalue weighted by Crippen LogP contribution is -2.29. The van der Waals surface area contributed by atoms with Crippen LogP contribution in [-0.2, 0) is 15.3 Å². The Bertz CT molecular complexity index is 1560. The van der Waals surface area contributed by atoms with Crippen molar-refractivity contribution in [3.8, 4) is 11.1 Å². The number of hydrogen-bond donors (Lipinski definition) is 0. The Morgan fingerprint density at radius 2 is 1.69 bits per heavy atom. The van der Waals surface area contributed by atoms with E-state index in [1.54, 1.807) is 6.92 Å². The number of rotatable bonds is 6. The fraction of sp³-hybridized carbons (Fsp3) is 0.370. The third-order valence-corrected chi connectivity index (χ3v) is 9.11. The molecule has 3 heterocycles. The molecule has 0 N–H and O–H groups in total. The minimum atomic E-state index is -4.57. The summed E-state index contributed by atoms with van der Waals surface area (Å²) in [5.74, 6) is -0.265. The molecule has 1 atom stereocenters. The molecule has 5 rings (SSSR count). The number of likely N-dealkylation sites (N-methyl/N-ethyl adjacent to an activating group) is 1. The van der Waals surface area contributed by atoms with Crippen LogP contribution in [-0.4, -0.2) is 60.6 Å². The average molecular weight is 569 g/mol. The molecule has 5 nitrogen and oxygen atoms in total. The summed E-state index contributed by atoms with van der Waals surface area (Å²) in [6.45, 7) is 3.39. The van der Waals surface area contributed by atoms with Crippen LogP contribution in [0.2, 0.25) is 0 Å². The zero-order valence-corrected chi connectivity index (χ0v) is 21.8. The maximum atomic E-state index is 13.5. The molecule has 0 spiro atoms. The van der Waals surface area contributed by atoms with Gasteiger partial charge in [-0.3, -0.25) is 9.98 Å². The van der Waals surface area contributed by atoms with Crippen molar-refractivity contribution in [3.63, 3.8) is 0 Å². The van der Waals surface area contributed by atoms with Crippen LogP contribution in [0.15, 0.2) is 69.8 Å². The van der Waals surface area contributed by atoms with Crippen molar-refractivity contribution >= 4 is 21.8 Å². The summed E-state index contributed by atoms with van der Waals surface area (Å²) >= 11 is 0. The molecule has 1 aromatic heterocycles. The van der Waals surface area contributed by atoms with Crippen molar-refractivity contribution in [2.45, 2.75) is 55.4 Å². The Hall–Kier alpha value is -3.28. The van der Waals surface area contributed by atoms with Gasteiger partial charge in [0.1, 0.15) is 17.8 Å². The first-order chi connectivity index (χ1) is 18.2. The third kappa shape index (κ3) is 4.72. The number of benzene rings is 1. The summed E-state index contributed by atoms with van der Waals surface area (Å²) < 4.78 is 108. The molecule has 0 saturated heterocycles. The SMILES string of the molecule is CC[N+]1=CC(C(F)(F)F)=CC2N=C(c3ncc(-c4ccc(C5(C(F)(F)F)CC5)cc4)cc3S(=O)(=O)CC)C=C21. The quantitative estimate of drug-likeness (QED) is 0.327. The number of nitrogens with zero attached hydrogens (tertiary/aromatic N) is 3. The normalized spacial score (nSPS) is 20.6. The number of pyridine rings is 1. The van der Waals surface area contributed by atoms with E-state index in [2.05, 4.69) is 9.98 Å². The second kappa shape index (κ2) is 9.14. The molecule has 1 aromatic carbocycles. The van der Waals surface area contributed by atoms with Gasteiger partial charge in [-0.25, -0.2) is 8.42 Å². The maximum Gasteiger partial charge on any atom is 0.421 e. The number of alkyl halides is 6. The molecule has 1 aliphatic carbocycles. The van der Waals surface area contributed by atoms with Crippen LogP contribution in [0, 0.1) is 0 Å². The van der Waals surface area contributed by atoms with E-state index in [-0.39, 0.29) is 47.0 Å². The predicted molar refractivity (Wildman–Crippen MR) is 134 cm³/mol. The zero-order chi connectivity index (χ0) is 28.4. The Morgan fingerprint density at radius 1 is 1.03 bits per heavy atom. The largest absolute Gasteiger partial charge is 0.421 e. The van der Waals surface area contributed by atoms with Crippen molar-refractivity contribution in [2.75, 3.05) is 12.3 Å². The standard InChI is InChI=1S/C27H24F6N3O2S/c1-3-36-15-19(26(28,29)30)12-20-22(36)13-21(35-20)24-23(39(37,38)4-2)11-17(14-34-24)16-5-7-18(8-6-16)25(9-10-25)27(31,32)33/h5-8,11-15,20H,3-4,9-10H2,1-2H3/q+1. The molecular formula is C27H24F6N3O2S+. The summed E-state index contributed by atoms with van der Waals surface area (Å²) in [6, 6.07) is 6.24. The highest BCUT2D eigenvalue weighted by molar-refractivity contribution is 7.91. The number of sulfone groups is 1. The second-order valence-electron chi connectivity index (χ2n) is 9.69. The molecule has 1 fully saturated rings. The summed E-state index contributed by atoms with van der Waals surface area (Å²) in [7, 11) is -3.86. The molecule has 0 radical (unpaired) electrons. The van der Waals surface area contributed by atoms with Crippen LogP contribution < -0.4 is 0 Å². The van der Waals surface area contributed by atoms with Crippen molar-refractivity contribution in [3.05, 3.63) is 71.2 Å². The van der Waals surface area contributed by atoms with Crippen molar-refractivity contribution < 1.29 is 39.3 Å². The van der Waals surface area contributed by atoms with Crippen molar-refractivity contribution in [2.24, 2.45) is 4.99 Å². The van der Waals surface area contributed by atoms with Crippen LogP contribution >= 0.6 is 0 Å². The monoisotopic (exact) mass is 568 g/mol. The molecule has 39 heavy (non-hydrogen) atoms. The van der Waals surface area contributed by atoms with Crippen LogP contribution in [0.3, 0.4) is 0 Å².